The molecule has 0 fully saturated rings. The zero-order chi connectivity index (χ0) is 14.4. The predicted octanol–water partition coefficient (Wildman–Crippen LogP) is 5.04. The molecule has 0 amide bonds. The molecule has 20 heavy (non-hydrogen) atoms. The highest BCUT2D eigenvalue weighted by molar-refractivity contribution is 9.10. The Balaban J connectivity index is 2.48. The smallest absolute Gasteiger partial charge is 0.182 e. The van der Waals surface area contributed by atoms with Crippen molar-refractivity contribution in [2.75, 3.05) is 0 Å². The predicted molar refractivity (Wildman–Crippen MR) is 80.8 cm³/mol. The van der Waals surface area contributed by atoms with Crippen molar-refractivity contribution in [1.29, 1.82) is 0 Å². The number of aryl methyl sites for hydroxylation is 1. The van der Waals surface area contributed by atoms with Crippen molar-refractivity contribution in [3.63, 3.8) is 0 Å². The second-order valence-corrected chi connectivity index (χ2v) is 5.76. The molecule has 102 valence electrons. The Morgan fingerprint density at radius 3 is 2.50 bits per heavy atom. The SMILES string of the molecule is Cc1cccc2[nH]c(=S)n(-c3c(F)cc(Br)cc3F)c12. The van der Waals surface area contributed by atoms with E-state index in [-0.39, 0.29) is 10.5 Å². The third-order valence-electron chi connectivity index (χ3n) is 3.11. The van der Waals surface area contributed by atoms with E-state index in [9.17, 15) is 8.78 Å². The summed E-state index contributed by atoms with van der Waals surface area (Å²) in [6.45, 7) is 1.87. The summed E-state index contributed by atoms with van der Waals surface area (Å²) in [5, 5.41) is 0. The number of hydrogen-bond donors (Lipinski definition) is 1. The molecule has 0 aliphatic rings. The fourth-order valence-electron chi connectivity index (χ4n) is 2.29. The Morgan fingerprint density at radius 1 is 1.20 bits per heavy atom. The summed E-state index contributed by atoms with van der Waals surface area (Å²) in [4.78, 5) is 2.97. The standard InChI is InChI=1S/C14H9BrF2N2S/c1-7-3-2-4-11-12(7)19(14(20)18-11)13-9(16)5-8(15)6-10(13)17/h2-6H,1H3,(H,18,20). The summed E-state index contributed by atoms with van der Waals surface area (Å²) >= 11 is 8.28. The molecular formula is C14H9BrF2N2S. The number of aromatic nitrogens is 2. The van der Waals surface area contributed by atoms with Crippen LogP contribution < -0.4 is 0 Å². The molecule has 0 spiro atoms. The number of H-pyrrole nitrogens is 1. The number of benzene rings is 2. The van der Waals surface area contributed by atoms with Crippen LogP contribution in [0.2, 0.25) is 0 Å². The number of para-hydroxylation sites is 1. The van der Waals surface area contributed by atoms with Gasteiger partial charge in [0.15, 0.2) is 16.4 Å². The summed E-state index contributed by atoms with van der Waals surface area (Å²) < 4.78 is 30.3. The Hall–Kier alpha value is -1.53. The first-order valence-corrected chi connectivity index (χ1v) is 7.04. The fraction of sp³-hybridized carbons (Fsp3) is 0.0714. The van der Waals surface area contributed by atoms with Crippen molar-refractivity contribution in [1.82, 2.24) is 9.55 Å². The molecular weight excluding hydrogens is 346 g/mol. The summed E-state index contributed by atoms with van der Waals surface area (Å²) in [6, 6.07) is 8.00. The van der Waals surface area contributed by atoms with E-state index in [1.54, 1.807) is 0 Å². The monoisotopic (exact) mass is 354 g/mol. The number of halogens is 3. The van der Waals surface area contributed by atoms with E-state index in [1.807, 2.05) is 25.1 Å². The van der Waals surface area contributed by atoms with Crippen LogP contribution in [0.3, 0.4) is 0 Å². The maximum Gasteiger partial charge on any atom is 0.182 e. The van der Waals surface area contributed by atoms with E-state index in [4.69, 9.17) is 12.2 Å². The molecule has 0 saturated carbocycles. The van der Waals surface area contributed by atoms with Crippen LogP contribution >= 0.6 is 28.1 Å². The van der Waals surface area contributed by atoms with Crippen LogP contribution in [0.1, 0.15) is 5.56 Å². The number of rotatable bonds is 1. The second-order valence-electron chi connectivity index (χ2n) is 4.45. The first-order chi connectivity index (χ1) is 9.49. The average molecular weight is 355 g/mol. The van der Waals surface area contributed by atoms with E-state index in [0.29, 0.717) is 9.99 Å². The van der Waals surface area contributed by atoms with Crippen molar-refractivity contribution in [3.8, 4) is 5.69 Å². The Labute approximate surface area is 127 Å². The molecule has 3 rings (SSSR count). The Kier molecular flexibility index (Phi) is 3.22. The van der Waals surface area contributed by atoms with Gasteiger partial charge in [0.1, 0.15) is 5.69 Å². The largest absolute Gasteiger partial charge is 0.330 e. The summed E-state index contributed by atoms with van der Waals surface area (Å²) in [7, 11) is 0. The highest BCUT2D eigenvalue weighted by Gasteiger charge is 2.17. The van der Waals surface area contributed by atoms with Crippen LogP contribution in [0.15, 0.2) is 34.8 Å². The van der Waals surface area contributed by atoms with Gasteiger partial charge in [0.2, 0.25) is 0 Å². The summed E-state index contributed by atoms with van der Waals surface area (Å²) in [6.07, 6.45) is 0. The molecule has 0 aliphatic carbocycles. The van der Waals surface area contributed by atoms with Crippen molar-refractivity contribution in [2.24, 2.45) is 0 Å². The van der Waals surface area contributed by atoms with Crippen molar-refractivity contribution >= 4 is 39.2 Å². The number of imidazole rings is 1. The summed E-state index contributed by atoms with van der Waals surface area (Å²) in [5.74, 6) is -1.34. The van der Waals surface area contributed by atoms with Crippen molar-refractivity contribution in [2.45, 2.75) is 6.92 Å². The first-order valence-electron chi connectivity index (χ1n) is 5.84. The number of fused-ring (bicyclic) bond motifs is 1. The van der Waals surface area contributed by atoms with Gasteiger partial charge >= 0.3 is 0 Å². The second kappa shape index (κ2) is 4.79. The van der Waals surface area contributed by atoms with Crippen LogP contribution in [0.5, 0.6) is 0 Å². The van der Waals surface area contributed by atoms with Crippen LogP contribution in [0.4, 0.5) is 8.78 Å². The fourth-order valence-corrected chi connectivity index (χ4v) is 2.99. The average Bonchev–Trinajstić information content (AvgIpc) is 2.66. The molecule has 0 atom stereocenters. The molecule has 0 aliphatic heterocycles. The molecule has 2 nitrogen and oxygen atoms in total. The van der Waals surface area contributed by atoms with E-state index in [0.717, 1.165) is 11.1 Å². The normalized spacial score (nSPS) is 11.2. The molecule has 1 N–H and O–H groups in total. The van der Waals surface area contributed by atoms with Gasteiger partial charge in [0.25, 0.3) is 0 Å². The van der Waals surface area contributed by atoms with Crippen molar-refractivity contribution < 1.29 is 8.78 Å². The molecule has 0 saturated heterocycles. The lowest BCUT2D eigenvalue weighted by molar-refractivity contribution is 0.568. The molecule has 0 unspecified atom stereocenters. The third-order valence-corrected chi connectivity index (χ3v) is 3.85. The van der Waals surface area contributed by atoms with Gasteiger partial charge in [-0.25, -0.2) is 8.78 Å². The number of nitrogens with one attached hydrogen (secondary N) is 1. The Bertz CT molecular complexity index is 859. The Morgan fingerprint density at radius 2 is 1.85 bits per heavy atom. The van der Waals surface area contributed by atoms with E-state index in [2.05, 4.69) is 20.9 Å². The number of hydrogen-bond acceptors (Lipinski definition) is 1. The quantitative estimate of drug-likeness (QED) is 0.607. The lowest BCUT2D eigenvalue weighted by atomic mass is 10.2. The topological polar surface area (TPSA) is 20.7 Å². The molecule has 3 aromatic rings. The highest BCUT2D eigenvalue weighted by atomic mass is 79.9. The molecule has 1 heterocycles. The van der Waals surface area contributed by atoms with Crippen LogP contribution in [0, 0.1) is 23.3 Å². The molecule has 2 aromatic carbocycles. The molecule has 0 radical (unpaired) electrons. The van der Waals surface area contributed by atoms with Gasteiger partial charge in [-0.2, -0.15) is 0 Å². The van der Waals surface area contributed by atoms with Gasteiger partial charge in [-0.3, -0.25) is 4.57 Å². The van der Waals surface area contributed by atoms with Gasteiger partial charge in [0, 0.05) is 4.47 Å². The minimum atomic E-state index is -0.669. The van der Waals surface area contributed by atoms with E-state index < -0.39 is 11.6 Å². The van der Waals surface area contributed by atoms with Crippen LogP contribution in [-0.4, -0.2) is 9.55 Å². The molecule has 6 heteroatoms. The van der Waals surface area contributed by atoms with Gasteiger partial charge in [0.05, 0.1) is 11.0 Å². The van der Waals surface area contributed by atoms with Gasteiger partial charge in [-0.05, 0) is 42.9 Å². The van der Waals surface area contributed by atoms with Crippen LogP contribution in [-0.2, 0) is 0 Å². The van der Waals surface area contributed by atoms with Crippen molar-refractivity contribution in [3.05, 3.63) is 56.8 Å². The zero-order valence-corrected chi connectivity index (χ0v) is 12.8. The van der Waals surface area contributed by atoms with E-state index in [1.165, 1.54) is 16.7 Å². The first kappa shape index (κ1) is 13.5. The van der Waals surface area contributed by atoms with Gasteiger partial charge in [-0.15, -0.1) is 0 Å². The number of aromatic amines is 1. The maximum absolute atomic E-state index is 14.2. The van der Waals surface area contributed by atoms with Gasteiger partial charge in [-0.1, -0.05) is 28.1 Å². The van der Waals surface area contributed by atoms with Crippen LogP contribution in [0.25, 0.3) is 16.7 Å². The molecule has 0 bridgehead atoms. The highest BCUT2D eigenvalue weighted by Crippen LogP contribution is 2.28. The third kappa shape index (κ3) is 1.99. The lowest BCUT2D eigenvalue weighted by Crippen LogP contribution is -2.02. The number of nitrogens with zero attached hydrogens (tertiary/aromatic N) is 1. The minimum Gasteiger partial charge on any atom is -0.330 e. The maximum atomic E-state index is 14.2. The zero-order valence-electron chi connectivity index (χ0n) is 10.4. The minimum absolute atomic E-state index is 0.168. The lowest BCUT2D eigenvalue weighted by Gasteiger charge is -2.09. The summed E-state index contributed by atoms with van der Waals surface area (Å²) in [5.41, 5.74) is 2.14. The van der Waals surface area contributed by atoms with Gasteiger partial charge < -0.3 is 4.98 Å². The van der Waals surface area contributed by atoms with E-state index >= 15 is 0 Å². The molecule has 1 aromatic heterocycles.